The number of carbonyl (C=O) groups is 1. The van der Waals surface area contributed by atoms with Gasteiger partial charge >= 0.3 is 5.97 Å². The quantitative estimate of drug-likeness (QED) is 0.866. The highest BCUT2D eigenvalue weighted by Crippen LogP contribution is 2.22. The fourth-order valence-corrected chi connectivity index (χ4v) is 3.00. The van der Waals surface area contributed by atoms with Gasteiger partial charge in [-0.05, 0) is 55.0 Å². The van der Waals surface area contributed by atoms with E-state index in [1.807, 2.05) is 6.92 Å². The highest BCUT2D eigenvalue weighted by atomic mass is 79.9. The van der Waals surface area contributed by atoms with Crippen molar-refractivity contribution >= 4 is 37.6 Å². The van der Waals surface area contributed by atoms with Gasteiger partial charge in [0.1, 0.15) is 0 Å². The zero-order valence-corrected chi connectivity index (χ0v) is 13.4. The summed E-state index contributed by atoms with van der Waals surface area (Å²) in [7, 11) is -3.74. The molecule has 2 aromatic carbocycles. The van der Waals surface area contributed by atoms with Crippen molar-refractivity contribution in [3.8, 4) is 0 Å². The Morgan fingerprint density at radius 1 is 1.14 bits per heavy atom. The Morgan fingerprint density at radius 2 is 1.76 bits per heavy atom. The molecule has 0 fully saturated rings. The summed E-state index contributed by atoms with van der Waals surface area (Å²) in [4.78, 5) is 10.8. The van der Waals surface area contributed by atoms with Crippen molar-refractivity contribution in [2.75, 3.05) is 4.72 Å². The predicted molar refractivity (Wildman–Crippen MR) is 83.1 cm³/mol. The van der Waals surface area contributed by atoms with Crippen LogP contribution in [0.1, 0.15) is 15.9 Å². The number of rotatable bonds is 4. The van der Waals surface area contributed by atoms with Crippen molar-refractivity contribution < 1.29 is 18.3 Å². The molecule has 0 saturated carbocycles. The summed E-state index contributed by atoms with van der Waals surface area (Å²) >= 11 is 3.34. The summed E-state index contributed by atoms with van der Waals surface area (Å²) in [6.45, 7) is 1.85. The Kier molecular flexibility index (Phi) is 4.34. The van der Waals surface area contributed by atoms with Gasteiger partial charge in [-0.15, -0.1) is 0 Å². The van der Waals surface area contributed by atoms with Crippen LogP contribution >= 0.6 is 15.9 Å². The Bertz CT molecular complexity index is 785. The molecule has 0 unspecified atom stereocenters. The first-order valence-electron chi connectivity index (χ1n) is 5.92. The van der Waals surface area contributed by atoms with Crippen LogP contribution in [0.2, 0.25) is 0 Å². The molecule has 2 aromatic rings. The Hall–Kier alpha value is -1.86. The summed E-state index contributed by atoms with van der Waals surface area (Å²) in [6, 6.07) is 10.1. The van der Waals surface area contributed by atoms with Crippen LogP contribution in [0.25, 0.3) is 0 Å². The third-order valence-electron chi connectivity index (χ3n) is 2.82. The third kappa shape index (κ3) is 3.62. The van der Waals surface area contributed by atoms with Gasteiger partial charge in [0, 0.05) is 10.2 Å². The van der Waals surface area contributed by atoms with E-state index in [1.54, 1.807) is 18.2 Å². The minimum absolute atomic E-state index is 0.00747. The zero-order chi connectivity index (χ0) is 15.6. The molecule has 21 heavy (non-hydrogen) atoms. The normalized spacial score (nSPS) is 11.1. The van der Waals surface area contributed by atoms with Crippen molar-refractivity contribution in [1.82, 2.24) is 0 Å². The number of anilines is 1. The van der Waals surface area contributed by atoms with E-state index in [1.165, 1.54) is 24.3 Å². The van der Waals surface area contributed by atoms with E-state index >= 15 is 0 Å². The van der Waals surface area contributed by atoms with Crippen molar-refractivity contribution in [3.05, 3.63) is 58.1 Å². The van der Waals surface area contributed by atoms with Crippen molar-refractivity contribution in [1.29, 1.82) is 0 Å². The van der Waals surface area contributed by atoms with E-state index in [0.29, 0.717) is 5.69 Å². The maximum atomic E-state index is 12.2. The van der Waals surface area contributed by atoms with Crippen LogP contribution in [-0.4, -0.2) is 19.5 Å². The molecular formula is C14H12BrNO4S. The van der Waals surface area contributed by atoms with Gasteiger partial charge in [0.2, 0.25) is 0 Å². The van der Waals surface area contributed by atoms with Gasteiger partial charge in [0.15, 0.2) is 0 Å². The maximum absolute atomic E-state index is 12.2. The number of hydrogen-bond acceptors (Lipinski definition) is 3. The molecule has 0 aliphatic carbocycles. The second-order valence-corrected chi connectivity index (χ2v) is 6.94. The van der Waals surface area contributed by atoms with E-state index in [-0.39, 0.29) is 10.5 Å². The van der Waals surface area contributed by atoms with Crippen LogP contribution in [0.4, 0.5) is 5.69 Å². The number of sulfonamides is 1. The smallest absolute Gasteiger partial charge is 0.335 e. The first-order valence-corrected chi connectivity index (χ1v) is 8.19. The highest BCUT2D eigenvalue weighted by Gasteiger charge is 2.15. The Balaban J connectivity index is 2.29. The Labute approximate surface area is 130 Å². The number of nitrogens with one attached hydrogen (secondary N) is 1. The average molecular weight is 370 g/mol. The molecule has 0 bridgehead atoms. The lowest BCUT2D eigenvalue weighted by Gasteiger charge is -2.09. The Morgan fingerprint density at radius 3 is 2.29 bits per heavy atom. The van der Waals surface area contributed by atoms with E-state index in [0.717, 1.165) is 10.0 Å². The molecule has 110 valence electrons. The molecular weight excluding hydrogens is 358 g/mol. The largest absolute Gasteiger partial charge is 0.478 e. The van der Waals surface area contributed by atoms with Crippen LogP contribution in [0.15, 0.2) is 51.8 Å². The molecule has 0 aliphatic heterocycles. The second-order valence-electron chi connectivity index (χ2n) is 4.40. The van der Waals surface area contributed by atoms with Crippen molar-refractivity contribution in [2.24, 2.45) is 0 Å². The number of halogens is 1. The van der Waals surface area contributed by atoms with Gasteiger partial charge in [0.25, 0.3) is 10.0 Å². The van der Waals surface area contributed by atoms with Gasteiger partial charge in [0.05, 0.1) is 10.5 Å². The van der Waals surface area contributed by atoms with Crippen LogP contribution in [0, 0.1) is 6.92 Å². The summed E-state index contributed by atoms with van der Waals surface area (Å²) in [5.41, 5.74) is 1.38. The average Bonchev–Trinajstić information content (AvgIpc) is 2.43. The molecule has 0 saturated heterocycles. The van der Waals surface area contributed by atoms with Gasteiger partial charge in [-0.3, -0.25) is 4.72 Å². The topological polar surface area (TPSA) is 83.5 Å². The number of aryl methyl sites for hydroxylation is 1. The van der Waals surface area contributed by atoms with Gasteiger partial charge < -0.3 is 5.11 Å². The molecule has 0 aromatic heterocycles. The second kappa shape index (κ2) is 5.87. The molecule has 0 heterocycles. The fraction of sp³-hybridized carbons (Fsp3) is 0.0714. The zero-order valence-electron chi connectivity index (χ0n) is 11.0. The molecule has 2 N–H and O–H groups in total. The number of benzene rings is 2. The molecule has 0 radical (unpaired) electrons. The van der Waals surface area contributed by atoms with E-state index in [4.69, 9.17) is 5.11 Å². The van der Waals surface area contributed by atoms with E-state index < -0.39 is 16.0 Å². The standard InChI is InChI=1S/C14H12BrNO4S/c1-9-8-11(4-7-13(9)15)16-21(19,20)12-5-2-10(3-6-12)14(17)18/h2-8,16H,1H3,(H,17,18). The maximum Gasteiger partial charge on any atom is 0.335 e. The van der Waals surface area contributed by atoms with Gasteiger partial charge in [-0.1, -0.05) is 15.9 Å². The summed E-state index contributed by atoms with van der Waals surface area (Å²) in [6.07, 6.45) is 0. The predicted octanol–water partition coefficient (Wildman–Crippen LogP) is 3.26. The van der Waals surface area contributed by atoms with Crippen molar-refractivity contribution in [3.63, 3.8) is 0 Å². The first-order chi connectivity index (χ1) is 9.79. The third-order valence-corrected chi connectivity index (χ3v) is 5.11. The SMILES string of the molecule is Cc1cc(NS(=O)(=O)c2ccc(C(=O)O)cc2)ccc1Br. The first kappa shape index (κ1) is 15.5. The van der Waals surface area contributed by atoms with Crippen LogP contribution in [-0.2, 0) is 10.0 Å². The summed E-state index contributed by atoms with van der Waals surface area (Å²) in [5.74, 6) is -1.10. The van der Waals surface area contributed by atoms with E-state index in [9.17, 15) is 13.2 Å². The van der Waals surface area contributed by atoms with Crippen LogP contribution < -0.4 is 4.72 Å². The van der Waals surface area contributed by atoms with Gasteiger partial charge in [-0.2, -0.15) is 0 Å². The molecule has 0 amide bonds. The van der Waals surface area contributed by atoms with Crippen LogP contribution in [0.3, 0.4) is 0 Å². The lowest BCUT2D eigenvalue weighted by atomic mass is 10.2. The van der Waals surface area contributed by atoms with Crippen molar-refractivity contribution in [2.45, 2.75) is 11.8 Å². The summed E-state index contributed by atoms with van der Waals surface area (Å²) in [5, 5.41) is 8.80. The highest BCUT2D eigenvalue weighted by molar-refractivity contribution is 9.10. The molecule has 0 aliphatic rings. The lowest BCUT2D eigenvalue weighted by Crippen LogP contribution is -2.13. The lowest BCUT2D eigenvalue weighted by molar-refractivity contribution is 0.0697. The van der Waals surface area contributed by atoms with Crippen LogP contribution in [0.5, 0.6) is 0 Å². The van der Waals surface area contributed by atoms with E-state index in [2.05, 4.69) is 20.7 Å². The molecule has 7 heteroatoms. The minimum Gasteiger partial charge on any atom is -0.478 e. The van der Waals surface area contributed by atoms with Gasteiger partial charge in [-0.25, -0.2) is 13.2 Å². The minimum atomic E-state index is -3.74. The molecule has 2 rings (SSSR count). The number of carboxylic acids is 1. The molecule has 0 atom stereocenters. The number of aromatic carboxylic acids is 1. The molecule has 5 nitrogen and oxygen atoms in total. The fourth-order valence-electron chi connectivity index (χ4n) is 1.70. The number of carboxylic acid groups (broad SMARTS) is 1. The summed E-state index contributed by atoms with van der Waals surface area (Å²) < 4.78 is 27.8. The molecule has 0 spiro atoms. The number of hydrogen-bond donors (Lipinski definition) is 2. The monoisotopic (exact) mass is 369 g/mol.